The molecule has 2 heterocycles. The Bertz CT molecular complexity index is 789. The third-order valence-electron chi connectivity index (χ3n) is 7.01. The van der Waals surface area contributed by atoms with Crippen LogP contribution in [-0.2, 0) is 16.1 Å². The molecule has 1 amide bonds. The zero-order valence-electron chi connectivity index (χ0n) is 15.9. The zero-order chi connectivity index (χ0) is 19.3. The van der Waals surface area contributed by atoms with Gasteiger partial charge in [0.05, 0.1) is 11.8 Å². The number of ether oxygens (including phenoxy) is 2. The standard InChI is InChI=1S/C21H26N2O5/c24-20(18-14-2-3-15(10-14)19(18)21(25)26)23-7-5-22(6-8-23)11-13-1-4-16-17(9-13)28-12-27-16/h1,4,9,14-15,18-19H,2-3,5-8,10-12H2,(H,25,26)/t14-,15+,18-,19-/m0/s1. The van der Waals surface area contributed by atoms with Crippen molar-refractivity contribution in [3.8, 4) is 11.5 Å². The van der Waals surface area contributed by atoms with Crippen LogP contribution in [0.5, 0.6) is 11.5 Å². The van der Waals surface area contributed by atoms with Gasteiger partial charge in [0.1, 0.15) is 0 Å². The highest BCUT2D eigenvalue weighted by Gasteiger charge is 2.54. The quantitative estimate of drug-likeness (QED) is 0.850. The lowest BCUT2D eigenvalue weighted by molar-refractivity contribution is -0.153. The van der Waals surface area contributed by atoms with Gasteiger partial charge in [-0.05, 0) is 48.8 Å². The summed E-state index contributed by atoms with van der Waals surface area (Å²) in [6.45, 7) is 4.04. The lowest BCUT2D eigenvalue weighted by atomic mass is 9.78. The van der Waals surface area contributed by atoms with Crippen LogP contribution < -0.4 is 9.47 Å². The minimum Gasteiger partial charge on any atom is -0.481 e. The van der Waals surface area contributed by atoms with Crippen LogP contribution in [-0.4, -0.2) is 59.8 Å². The van der Waals surface area contributed by atoms with E-state index in [0.29, 0.717) is 13.1 Å². The summed E-state index contributed by atoms with van der Waals surface area (Å²) in [7, 11) is 0. The average Bonchev–Trinajstić information content (AvgIpc) is 3.43. The van der Waals surface area contributed by atoms with E-state index < -0.39 is 11.9 Å². The van der Waals surface area contributed by atoms with Gasteiger partial charge in [0, 0.05) is 32.7 Å². The van der Waals surface area contributed by atoms with E-state index in [4.69, 9.17) is 9.47 Å². The molecule has 0 radical (unpaired) electrons. The minimum atomic E-state index is -0.785. The molecule has 150 valence electrons. The van der Waals surface area contributed by atoms with Gasteiger partial charge in [0.2, 0.25) is 12.7 Å². The highest BCUT2D eigenvalue weighted by molar-refractivity contribution is 5.86. The average molecular weight is 386 g/mol. The van der Waals surface area contributed by atoms with Crippen LogP contribution >= 0.6 is 0 Å². The first-order chi connectivity index (χ1) is 13.6. The Labute approximate surface area is 164 Å². The van der Waals surface area contributed by atoms with Gasteiger partial charge in [-0.15, -0.1) is 0 Å². The highest BCUT2D eigenvalue weighted by atomic mass is 16.7. The van der Waals surface area contributed by atoms with E-state index in [2.05, 4.69) is 11.0 Å². The van der Waals surface area contributed by atoms with E-state index in [9.17, 15) is 14.7 Å². The van der Waals surface area contributed by atoms with E-state index in [1.54, 1.807) is 0 Å². The Morgan fingerprint density at radius 1 is 1.00 bits per heavy atom. The van der Waals surface area contributed by atoms with Crippen molar-refractivity contribution >= 4 is 11.9 Å². The molecule has 4 aliphatic rings. The monoisotopic (exact) mass is 386 g/mol. The summed E-state index contributed by atoms with van der Waals surface area (Å²) in [5.41, 5.74) is 1.17. The van der Waals surface area contributed by atoms with Gasteiger partial charge in [-0.2, -0.15) is 0 Å². The van der Waals surface area contributed by atoms with E-state index in [0.717, 1.165) is 50.4 Å². The molecule has 1 aromatic carbocycles. The summed E-state index contributed by atoms with van der Waals surface area (Å²) in [4.78, 5) is 29.1. The second-order valence-electron chi connectivity index (χ2n) is 8.51. The fraction of sp³-hybridized carbons (Fsp3) is 0.619. The van der Waals surface area contributed by atoms with Crippen LogP contribution in [0.3, 0.4) is 0 Å². The molecule has 1 saturated heterocycles. The number of carbonyl (C=O) groups is 2. The topological polar surface area (TPSA) is 79.3 Å². The van der Waals surface area contributed by atoms with Gasteiger partial charge in [0.25, 0.3) is 0 Å². The molecule has 7 heteroatoms. The number of nitrogens with zero attached hydrogens (tertiary/aromatic N) is 2. The molecule has 4 atom stereocenters. The summed E-state index contributed by atoms with van der Waals surface area (Å²) in [5.74, 6) is 0.554. The Morgan fingerprint density at radius 2 is 1.71 bits per heavy atom. The molecular formula is C21H26N2O5. The van der Waals surface area contributed by atoms with Crippen LogP contribution in [0.25, 0.3) is 0 Å². The molecular weight excluding hydrogens is 360 g/mol. The van der Waals surface area contributed by atoms with Crippen LogP contribution in [0.1, 0.15) is 24.8 Å². The first-order valence-electron chi connectivity index (χ1n) is 10.2. The summed E-state index contributed by atoms with van der Waals surface area (Å²) in [6, 6.07) is 6.02. The van der Waals surface area contributed by atoms with Crippen molar-refractivity contribution in [1.82, 2.24) is 9.80 Å². The Morgan fingerprint density at radius 3 is 2.46 bits per heavy atom. The van der Waals surface area contributed by atoms with Gasteiger partial charge in [-0.3, -0.25) is 14.5 Å². The van der Waals surface area contributed by atoms with Crippen LogP contribution in [0.4, 0.5) is 0 Å². The SMILES string of the molecule is O=C(O)[C@H]1[C@@H]2CC[C@@H](C2)[C@@H]1C(=O)N1CCN(Cc2ccc3c(c2)OCO3)CC1. The maximum absolute atomic E-state index is 13.1. The molecule has 7 nitrogen and oxygen atoms in total. The number of aliphatic carboxylic acids is 1. The lowest BCUT2D eigenvalue weighted by Crippen LogP contribution is -2.52. The number of carboxylic acid groups (broad SMARTS) is 1. The molecule has 0 spiro atoms. The number of carboxylic acids is 1. The number of fused-ring (bicyclic) bond motifs is 3. The number of carbonyl (C=O) groups excluding carboxylic acids is 1. The van der Waals surface area contributed by atoms with Crippen LogP contribution in [0.2, 0.25) is 0 Å². The van der Waals surface area contributed by atoms with Gasteiger partial charge in [0.15, 0.2) is 11.5 Å². The first kappa shape index (κ1) is 17.8. The van der Waals surface area contributed by atoms with E-state index in [1.807, 2.05) is 17.0 Å². The molecule has 0 aromatic heterocycles. The van der Waals surface area contributed by atoms with Crippen molar-refractivity contribution in [3.05, 3.63) is 23.8 Å². The van der Waals surface area contributed by atoms with Crippen molar-refractivity contribution in [3.63, 3.8) is 0 Å². The smallest absolute Gasteiger partial charge is 0.307 e. The van der Waals surface area contributed by atoms with Crippen molar-refractivity contribution in [1.29, 1.82) is 0 Å². The number of benzene rings is 1. The van der Waals surface area contributed by atoms with Crippen LogP contribution in [0, 0.1) is 23.7 Å². The van der Waals surface area contributed by atoms with Gasteiger partial charge >= 0.3 is 5.97 Å². The molecule has 1 N–H and O–H groups in total. The molecule has 28 heavy (non-hydrogen) atoms. The first-order valence-corrected chi connectivity index (χ1v) is 10.2. The molecule has 3 fully saturated rings. The number of amides is 1. The molecule has 0 unspecified atom stereocenters. The number of piperazine rings is 1. The van der Waals surface area contributed by atoms with Gasteiger partial charge in [-0.25, -0.2) is 0 Å². The van der Waals surface area contributed by atoms with Crippen LogP contribution in [0.15, 0.2) is 18.2 Å². The van der Waals surface area contributed by atoms with E-state index in [1.165, 1.54) is 5.56 Å². The maximum atomic E-state index is 13.1. The van der Waals surface area contributed by atoms with Crippen molar-refractivity contribution in [2.75, 3.05) is 33.0 Å². The Balaban J connectivity index is 1.19. The number of hydrogen-bond donors (Lipinski definition) is 1. The second kappa shape index (κ2) is 6.95. The van der Waals surface area contributed by atoms with Crippen molar-refractivity contribution < 1.29 is 24.2 Å². The summed E-state index contributed by atoms with van der Waals surface area (Å²) >= 11 is 0. The number of rotatable bonds is 4. The molecule has 1 aromatic rings. The predicted molar refractivity (Wildman–Crippen MR) is 99.9 cm³/mol. The predicted octanol–water partition coefficient (Wildman–Crippen LogP) is 1.81. The zero-order valence-corrected chi connectivity index (χ0v) is 15.9. The second-order valence-corrected chi connectivity index (χ2v) is 8.51. The summed E-state index contributed by atoms with van der Waals surface area (Å²) in [6.07, 6.45) is 2.89. The summed E-state index contributed by atoms with van der Waals surface area (Å²) in [5, 5.41) is 9.63. The fourth-order valence-electron chi connectivity index (χ4n) is 5.64. The normalized spacial score (nSPS) is 31.4. The lowest BCUT2D eigenvalue weighted by Gasteiger charge is -2.38. The third-order valence-corrected chi connectivity index (χ3v) is 7.01. The highest BCUT2D eigenvalue weighted by Crippen LogP contribution is 2.53. The van der Waals surface area contributed by atoms with Crippen molar-refractivity contribution in [2.45, 2.75) is 25.8 Å². The number of hydrogen-bond acceptors (Lipinski definition) is 5. The van der Waals surface area contributed by atoms with Crippen molar-refractivity contribution in [2.24, 2.45) is 23.7 Å². The van der Waals surface area contributed by atoms with E-state index in [-0.39, 0.29) is 30.5 Å². The van der Waals surface area contributed by atoms with Gasteiger partial charge in [-0.1, -0.05) is 6.07 Å². The molecule has 2 aliphatic carbocycles. The van der Waals surface area contributed by atoms with E-state index >= 15 is 0 Å². The largest absolute Gasteiger partial charge is 0.481 e. The molecule has 5 rings (SSSR count). The molecule has 2 saturated carbocycles. The maximum Gasteiger partial charge on any atom is 0.307 e. The van der Waals surface area contributed by atoms with Gasteiger partial charge < -0.3 is 19.5 Å². The Kier molecular flexibility index (Phi) is 4.42. The Hall–Kier alpha value is -2.28. The molecule has 2 bridgehead atoms. The molecule has 2 aliphatic heterocycles. The minimum absolute atomic E-state index is 0.0716. The fourth-order valence-corrected chi connectivity index (χ4v) is 5.64. The third kappa shape index (κ3) is 3.02. The summed E-state index contributed by atoms with van der Waals surface area (Å²) < 4.78 is 10.8.